The van der Waals surface area contributed by atoms with E-state index in [1.54, 1.807) is 0 Å². The van der Waals surface area contributed by atoms with Crippen LogP contribution >= 0.6 is 0 Å². The van der Waals surface area contributed by atoms with Gasteiger partial charge in [-0.25, -0.2) is 0 Å². The fourth-order valence-electron chi connectivity index (χ4n) is 2.66. The minimum atomic E-state index is -0.396. The zero-order chi connectivity index (χ0) is 12.5. The molecule has 0 atom stereocenters. The second-order valence-corrected chi connectivity index (χ2v) is 6.56. The number of methoxy groups -OCH3 is 1. The van der Waals surface area contributed by atoms with Crippen molar-refractivity contribution in [3.63, 3.8) is 0 Å². The van der Waals surface area contributed by atoms with Crippen LogP contribution < -0.4 is 5.32 Å². The number of nitrogens with one attached hydrogen (secondary N) is 1. The standard InChI is InChI=1S/C14H25NO2/c1-13(2)6-8-14(9-7-13,12(16)17-3)15-10-11-4-5-11/h11,15H,4-10H2,1-3H3. The molecule has 0 aliphatic heterocycles. The Bertz CT molecular complexity index is 279. The lowest BCUT2D eigenvalue weighted by molar-refractivity contribution is -0.151. The predicted molar refractivity (Wildman–Crippen MR) is 67.7 cm³/mol. The first-order chi connectivity index (χ1) is 7.97. The molecule has 2 aliphatic carbocycles. The Balaban J connectivity index is 1.99. The zero-order valence-electron chi connectivity index (χ0n) is 11.3. The lowest BCUT2D eigenvalue weighted by atomic mass is 9.69. The maximum atomic E-state index is 12.0. The van der Waals surface area contributed by atoms with E-state index in [4.69, 9.17) is 4.74 Å². The number of hydrogen-bond acceptors (Lipinski definition) is 3. The van der Waals surface area contributed by atoms with Crippen LogP contribution in [0.4, 0.5) is 0 Å². The molecule has 0 amide bonds. The third-order valence-electron chi connectivity index (χ3n) is 4.46. The highest BCUT2D eigenvalue weighted by molar-refractivity contribution is 5.81. The summed E-state index contributed by atoms with van der Waals surface area (Å²) in [5.41, 5.74) is -0.0222. The van der Waals surface area contributed by atoms with E-state index in [0.29, 0.717) is 5.41 Å². The molecule has 2 saturated carbocycles. The largest absolute Gasteiger partial charge is 0.468 e. The van der Waals surface area contributed by atoms with Crippen LogP contribution in [0.3, 0.4) is 0 Å². The van der Waals surface area contributed by atoms with Gasteiger partial charge in [-0.2, -0.15) is 0 Å². The quantitative estimate of drug-likeness (QED) is 0.766. The van der Waals surface area contributed by atoms with Crippen LogP contribution in [0.25, 0.3) is 0 Å². The molecule has 0 aromatic carbocycles. The summed E-state index contributed by atoms with van der Waals surface area (Å²) >= 11 is 0. The molecular weight excluding hydrogens is 214 g/mol. The van der Waals surface area contributed by atoms with Crippen molar-refractivity contribution < 1.29 is 9.53 Å². The maximum Gasteiger partial charge on any atom is 0.326 e. The Hall–Kier alpha value is -0.570. The molecule has 2 fully saturated rings. The van der Waals surface area contributed by atoms with Gasteiger partial charge in [0.15, 0.2) is 0 Å². The lowest BCUT2D eigenvalue weighted by Gasteiger charge is -2.42. The van der Waals surface area contributed by atoms with Gasteiger partial charge in [0.2, 0.25) is 0 Å². The second kappa shape index (κ2) is 4.60. The Morgan fingerprint density at radius 1 is 1.24 bits per heavy atom. The van der Waals surface area contributed by atoms with Crippen LogP contribution in [0, 0.1) is 11.3 Å². The van der Waals surface area contributed by atoms with E-state index >= 15 is 0 Å². The zero-order valence-corrected chi connectivity index (χ0v) is 11.3. The normalized spacial score (nSPS) is 26.5. The average Bonchev–Trinajstić information content (AvgIpc) is 3.11. The summed E-state index contributed by atoms with van der Waals surface area (Å²) in [7, 11) is 1.50. The highest BCUT2D eigenvalue weighted by atomic mass is 16.5. The molecule has 2 rings (SSSR count). The monoisotopic (exact) mass is 239 g/mol. The van der Waals surface area contributed by atoms with Crippen LogP contribution in [0.5, 0.6) is 0 Å². The van der Waals surface area contributed by atoms with Gasteiger partial charge < -0.3 is 10.1 Å². The molecule has 0 aromatic rings. The molecule has 1 N–H and O–H groups in total. The summed E-state index contributed by atoms with van der Waals surface area (Å²) < 4.78 is 5.01. The minimum absolute atomic E-state index is 0.0614. The van der Waals surface area contributed by atoms with Crippen molar-refractivity contribution in [3.8, 4) is 0 Å². The number of rotatable bonds is 4. The van der Waals surface area contributed by atoms with Gasteiger partial charge in [0, 0.05) is 0 Å². The predicted octanol–water partition coefficient (Wildman–Crippen LogP) is 2.50. The van der Waals surface area contributed by atoms with Gasteiger partial charge in [-0.1, -0.05) is 13.8 Å². The van der Waals surface area contributed by atoms with Crippen molar-refractivity contribution in [1.29, 1.82) is 0 Å². The second-order valence-electron chi connectivity index (χ2n) is 6.56. The first-order valence-electron chi connectivity index (χ1n) is 6.81. The van der Waals surface area contributed by atoms with Gasteiger partial charge in [-0.3, -0.25) is 4.79 Å². The summed E-state index contributed by atoms with van der Waals surface area (Å²) in [6, 6.07) is 0. The van der Waals surface area contributed by atoms with E-state index in [-0.39, 0.29) is 5.97 Å². The van der Waals surface area contributed by atoms with Gasteiger partial charge in [0.05, 0.1) is 7.11 Å². The van der Waals surface area contributed by atoms with Gasteiger partial charge >= 0.3 is 5.97 Å². The molecule has 0 unspecified atom stereocenters. The van der Waals surface area contributed by atoms with Crippen LogP contribution in [0.2, 0.25) is 0 Å². The van der Waals surface area contributed by atoms with Crippen molar-refractivity contribution in [2.75, 3.05) is 13.7 Å². The molecule has 3 nitrogen and oxygen atoms in total. The summed E-state index contributed by atoms with van der Waals surface area (Å²) in [5.74, 6) is 0.736. The topological polar surface area (TPSA) is 38.3 Å². The highest BCUT2D eigenvalue weighted by Crippen LogP contribution is 2.41. The van der Waals surface area contributed by atoms with Crippen molar-refractivity contribution >= 4 is 5.97 Å². The van der Waals surface area contributed by atoms with E-state index in [1.165, 1.54) is 20.0 Å². The van der Waals surface area contributed by atoms with E-state index in [0.717, 1.165) is 38.1 Å². The van der Waals surface area contributed by atoms with E-state index in [9.17, 15) is 4.79 Å². The fraction of sp³-hybridized carbons (Fsp3) is 0.929. The average molecular weight is 239 g/mol. The summed E-state index contributed by atoms with van der Waals surface area (Å²) in [6.45, 7) is 5.56. The van der Waals surface area contributed by atoms with Gasteiger partial charge in [-0.15, -0.1) is 0 Å². The molecule has 3 heteroatoms. The van der Waals surface area contributed by atoms with Gasteiger partial charge in [-0.05, 0) is 56.4 Å². The van der Waals surface area contributed by atoms with Crippen molar-refractivity contribution in [2.45, 2.75) is 57.9 Å². The first kappa shape index (κ1) is 12.9. The molecule has 2 aliphatic rings. The summed E-state index contributed by atoms with van der Waals surface area (Å²) in [4.78, 5) is 12.0. The van der Waals surface area contributed by atoms with Gasteiger partial charge in [0.25, 0.3) is 0 Å². The van der Waals surface area contributed by atoms with Crippen molar-refractivity contribution in [3.05, 3.63) is 0 Å². The van der Waals surface area contributed by atoms with E-state index in [2.05, 4.69) is 19.2 Å². The first-order valence-corrected chi connectivity index (χ1v) is 6.81. The SMILES string of the molecule is COC(=O)C1(NCC2CC2)CCC(C)(C)CC1. The molecule has 0 saturated heterocycles. The molecule has 0 heterocycles. The molecule has 0 aromatic heterocycles. The Kier molecular flexibility index (Phi) is 3.48. The van der Waals surface area contributed by atoms with E-state index in [1.807, 2.05) is 0 Å². The third-order valence-corrected chi connectivity index (χ3v) is 4.46. The lowest BCUT2D eigenvalue weighted by Crippen LogP contribution is -2.56. The molecule has 0 bridgehead atoms. The summed E-state index contributed by atoms with van der Waals surface area (Å²) in [5, 5.41) is 3.51. The molecule has 98 valence electrons. The van der Waals surface area contributed by atoms with Crippen molar-refractivity contribution in [1.82, 2.24) is 5.32 Å². The minimum Gasteiger partial charge on any atom is -0.468 e. The number of ether oxygens (including phenoxy) is 1. The number of esters is 1. The molecule has 17 heavy (non-hydrogen) atoms. The number of carbonyl (C=O) groups excluding carboxylic acids is 1. The van der Waals surface area contributed by atoms with Crippen molar-refractivity contribution in [2.24, 2.45) is 11.3 Å². The Morgan fingerprint density at radius 2 is 1.82 bits per heavy atom. The molecule has 0 spiro atoms. The van der Waals surface area contributed by atoms with Crippen LogP contribution in [-0.2, 0) is 9.53 Å². The van der Waals surface area contributed by atoms with Crippen LogP contribution in [0.15, 0.2) is 0 Å². The number of carbonyl (C=O) groups is 1. The fourth-order valence-corrected chi connectivity index (χ4v) is 2.66. The van der Waals surface area contributed by atoms with Gasteiger partial charge in [0.1, 0.15) is 5.54 Å². The Morgan fingerprint density at radius 3 is 2.29 bits per heavy atom. The highest BCUT2D eigenvalue weighted by Gasteiger charge is 2.45. The molecular formula is C14H25NO2. The van der Waals surface area contributed by atoms with Crippen LogP contribution in [-0.4, -0.2) is 25.2 Å². The van der Waals surface area contributed by atoms with E-state index < -0.39 is 5.54 Å². The van der Waals surface area contributed by atoms with Crippen LogP contribution in [0.1, 0.15) is 52.4 Å². The Labute approximate surface area is 104 Å². The smallest absolute Gasteiger partial charge is 0.326 e. The summed E-state index contributed by atoms with van der Waals surface area (Å²) in [6.07, 6.45) is 6.66. The third kappa shape index (κ3) is 3.01. The number of hydrogen-bond donors (Lipinski definition) is 1. The maximum absolute atomic E-state index is 12.0. The molecule has 0 radical (unpaired) electrons.